The highest BCUT2D eigenvalue weighted by molar-refractivity contribution is 5.43. The minimum absolute atomic E-state index is 0.657. The molecule has 2 rings (SSSR count). The molecule has 0 aliphatic carbocycles. The molecule has 1 atom stereocenters. The zero-order valence-electron chi connectivity index (χ0n) is 14.2. The average Bonchev–Trinajstić information content (AvgIpc) is 2.98. The fourth-order valence-corrected chi connectivity index (χ4v) is 3.13. The Bertz CT molecular complexity index is 451. The van der Waals surface area contributed by atoms with Gasteiger partial charge in [0.25, 0.3) is 0 Å². The molecule has 22 heavy (non-hydrogen) atoms. The normalized spacial score (nSPS) is 18.6. The molecule has 1 aromatic carbocycles. The predicted octanol–water partition coefficient (Wildman–Crippen LogP) is 3.06. The summed E-state index contributed by atoms with van der Waals surface area (Å²) < 4.78 is 11.3. The molecule has 1 aliphatic rings. The van der Waals surface area contributed by atoms with Gasteiger partial charge < -0.3 is 14.8 Å². The lowest BCUT2D eigenvalue weighted by Gasteiger charge is -2.23. The van der Waals surface area contributed by atoms with Crippen LogP contribution in [0.2, 0.25) is 0 Å². The van der Waals surface area contributed by atoms with Crippen molar-refractivity contribution in [3.8, 4) is 11.5 Å². The first-order valence-electron chi connectivity index (χ1n) is 8.61. The zero-order valence-corrected chi connectivity index (χ0v) is 14.2. The molecular weight excluding hydrogens is 276 g/mol. The molecule has 1 saturated heterocycles. The third kappa shape index (κ3) is 4.62. The Morgan fingerprint density at radius 1 is 1.14 bits per heavy atom. The Kier molecular flexibility index (Phi) is 7.00. The SMILES string of the molecule is CCOc1ccc(CNC[C@@H]2CCCN2CC)cc1OCC. The van der Waals surface area contributed by atoms with Gasteiger partial charge >= 0.3 is 0 Å². The maximum absolute atomic E-state index is 5.68. The van der Waals surface area contributed by atoms with Gasteiger partial charge in [-0.15, -0.1) is 0 Å². The maximum Gasteiger partial charge on any atom is 0.161 e. The van der Waals surface area contributed by atoms with Crippen LogP contribution in [0.25, 0.3) is 0 Å². The quantitative estimate of drug-likeness (QED) is 0.760. The molecule has 0 amide bonds. The molecule has 1 fully saturated rings. The lowest BCUT2D eigenvalue weighted by molar-refractivity contribution is 0.259. The van der Waals surface area contributed by atoms with Gasteiger partial charge in [-0.25, -0.2) is 0 Å². The number of rotatable bonds is 9. The Morgan fingerprint density at radius 2 is 1.91 bits per heavy atom. The third-order valence-corrected chi connectivity index (χ3v) is 4.22. The van der Waals surface area contributed by atoms with E-state index in [1.54, 1.807) is 0 Å². The molecule has 0 radical (unpaired) electrons. The molecule has 1 N–H and O–H groups in total. The predicted molar refractivity (Wildman–Crippen MR) is 90.8 cm³/mol. The molecular formula is C18H30N2O2. The molecule has 0 unspecified atom stereocenters. The fourth-order valence-electron chi connectivity index (χ4n) is 3.13. The summed E-state index contributed by atoms with van der Waals surface area (Å²) in [7, 11) is 0. The van der Waals surface area contributed by atoms with E-state index < -0.39 is 0 Å². The minimum Gasteiger partial charge on any atom is -0.490 e. The number of likely N-dealkylation sites (tertiary alicyclic amines) is 1. The lowest BCUT2D eigenvalue weighted by atomic mass is 10.1. The van der Waals surface area contributed by atoms with Crippen LogP contribution in [-0.4, -0.2) is 43.8 Å². The van der Waals surface area contributed by atoms with Crippen molar-refractivity contribution in [2.45, 2.75) is 46.2 Å². The Hall–Kier alpha value is -1.26. The minimum atomic E-state index is 0.657. The summed E-state index contributed by atoms with van der Waals surface area (Å²) in [5.74, 6) is 1.68. The van der Waals surface area contributed by atoms with Crippen molar-refractivity contribution in [2.24, 2.45) is 0 Å². The van der Waals surface area contributed by atoms with Crippen molar-refractivity contribution >= 4 is 0 Å². The van der Waals surface area contributed by atoms with E-state index >= 15 is 0 Å². The summed E-state index contributed by atoms with van der Waals surface area (Å²) in [6, 6.07) is 6.92. The van der Waals surface area contributed by atoms with E-state index in [9.17, 15) is 0 Å². The number of likely N-dealkylation sites (N-methyl/N-ethyl adjacent to an activating group) is 1. The first kappa shape index (κ1) is 17.1. The highest BCUT2D eigenvalue weighted by Gasteiger charge is 2.22. The first-order valence-corrected chi connectivity index (χ1v) is 8.61. The Morgan fingerprint density at radius 3 is 2.64 bits per heavy atom. The van der Waals surface area contributed by atoms with Crippen LogP contribution >= 0.6 is 0 Å². The van der Waals surface area contributed by atoms with Gasteiger partial charge in [0.05, 0.1) is 13.2 Å². The molecule has 4 heteroatoms. The number of hydrogen-bond donors (Lipinski definition) is 1. The van der Waals surface area contributed by atoms with Gasteiger partial charge in [0.2, 0.25) is 0 Å². The van der Waals surface area contributed by atoms with Crippen molar-refractivity contribution in [1.82, 2.24) is 10.2 Å². The molecule has 4 nitrogen and oxygen atoms in total. The van der Waals surface area contributed by atoms with Gasteiger partial charge in [-0.2, -0.15) is 0 Å². The average molecular weight is 306 g/mol. The van der Waals surface area contributed by atoms with E-state index in [1.165, 1.54) is 24.9 Å². The molecule has 0 spiro atoms. The second-order valence-electron chi connectivity index (χ2n) is 5.70. The molecule has 0 saturated carbocycles. The van der Waals surface area contributed by atoms with Crippen LogP contribution in [0.4, 0.5) is 0 Å². The summed E-state index contributed by atoms with van der Waals surface area (Å²) in [6.45, 7) is 11.9. The second kappa shape index (κ2) is 9.01. The zero-order chi connectivity index (χ0) is 15.8. The van der Waals surface area contributed by atoms with Gasteiger partial charge in [0.1, 0.15) is 0 Å². The lowest BCUT2D eigenvalue weighted by Crippen LogP contribution is -2.37. The standard InChI is InChI=1S/C18H30N2O2/c1-4-20-11-7-8-16(20)14-19-13-15-9-10-17(21-5-2)18(12-15)22-6-3/h9-10,12,16,19H,4-8,11,13-14H2,1-3H3/t16-/m0/s1. The van der Waals surface area contributed by atoms with Crippen LogP contribution in [0.15, 0.2) is 18.2 Å². The van der Waals surface area contributed by atoms with Gasteiger partial charge in [-0.05, 0) is 57.5 Å². The monoisotopic (exact) mass is 306 g/mol. The summed E-state index contributed by atoms with van der Waals surface area (Å²) in [4.78, 5) is 2.57. The van der Waals surface area contributed by atoms with E-state index in [4.69, 9.17) is 9.47 Å². The molecule has 1 heterocycles. The largest absolute Gasteiger partial charge is 0.490 e. The van der Waals surface area contributed by atoms with Gasteiger partial charge in [0.15, 0.2) is 11.5 Å². The molecule has 0 bridgehead atoms. The van der Waals surface area contributed by atoms with Crippen molar-refractivity contribution in [3.63, 3.8) is 0 Å². The first-order chi connectivity index (χ1) is 10.8. The fraction of sp³-hybridized carbons (Fsp3) is 0.667. The Balaban J connectivity index is 1.88. The van der Waals surface area contributed by atoms with Crippen LogP contribution in [0.3, 0.4) is 0 Å². The summed E-state index contributed by atoms with van der Waals surface area (Å²) >= 11 is 0. The van der Waals surface area contributed by atoms with Gasteiger partial charge in [-0.3, -0.25) is 4.90 Å². The topological polar surface area (TPSA) is 33.7 Å². The molecule has 1 aromatic rings. The molecule has 124 valence electrons. The number of nitrogens with one attached hydrogen (secondary N) is 1. The van der Waals surface area contributed by atoms with Crippen molar-refractivity contribution in [2.75, 3.05) is 32.8 Å². The van der Waals surface area contributed by atoms with Gasteiger partial charge in [0, 0.05) is 19.1 Å². The van der Waals surface area contributed by atoms with Crippen molar-refractivity contribution in [1.29, 1.82) is 0 Å². The summed E-state index contributed by atoms with van der Waals surface area (Å²) in [5.41, 5.74) is 1.24. The van der Waals surface area contributed by atoms with Gasteiger partial charge in [-0.1, -0.05) is 13.0 Å². The third-order valence-electron chi connectivity index (χ3n) is 4.22. The summed E-state index contributed by atoms with van der Waals surface area (Å²) in [6.07, 6.45) is 2.64. The highest BCUT2D eigenvalue weighted by atomic mass is 16.5. The van der Waals surface area contributed by atoms with Crippen molar-refractivity contribution < 1.29 is 9.47 Å². The van der Waals surface area contributed by atoms with Crippen molar-refractivity contribution in [3.05, 3.63) is 23.8 Å². The number of benzene rings is 1. The highest BCUT2D eigenvalue weighted by Crippen LogP contribution is 2.28. The number of hydrogen-bond acceptors (Lipinski definition) is 4. The smallest absolute Gasteiger partial charge is 0.161 e. The van der Waals surface area contributed by atoms with Crippen LogP contribution < -0.4 is 14.8 Å². The van der Waals surface area contributed by atoms with E-state index in [0.29, 0.717) is 19.3 Å². The van der Waals surface area contributed by atoms with Crippen LogP contribution in [0.1, 0.15) is 39.2 Å². The van der Waals surface area contributed by atoms with E-state index in [0.717, 1.165) is 31.1 Å². The maximum atomic E-state index is 5.68. The van der Waals surface area contributed by atoms with Crippen LogP contribution in [0.5, 0.6) is 11.5 Å². The number of ether oxygens (including phenoxy) is 2. The molecule has 0 aromatic heterocycles. The van der Waals surface area contributed by atoms with E-state index in [1.807, 2.05) is 19.9 Å². The second-order valence-corrected chi connectivity index (χ2v) is 5.70. The van der Waals surface area contributed by atoms with E-state index in [2.05, 4.69) is 29.3 Å². The van der Waals surface area contributed by atoms with Crippen LogP contribution in [-0.2, 0) is 6.54 Å². The number of nitrogens with zero attached hydrogens (tertiary/aromatic N) is 1. The Labute approximate surface area is 134 Å². The van der Waals surface area contributed by atoms with E-state index in [-0.39, 0.29) is 0 Å². The summed E-state index contributed by atoms with van der Waals surface area (Å²) in [5, 5.41) is 3.59. The molecule has 1 aliphatic heterocycles. The van der Waals surface area contributed by atoms with Crippen LogP contribution in [0, 0.1) is 0 Å².